The molecule has 0 aromatic heterocycles. The van der Waals surface area contributed by atoms with Gasteiger partial charge in [0.2, 0.25) is 0 Å². The Labute approximate surface area is 127 Å². The Bertz CT molecular complexity index is 407. The van der Waals surface area contributed by atoms with Gasteiger partial charge in [0.1, 0.15) is 5.75 Å². The first-order chi connectivity index (χ1) is 10.2. The molecule has 0 spiro atoms. The highest BCUT2D eigenvalue weighted by Crippen LogP contribution is 2.36. The van der Waals surface area contributed by atoms with Crippen LogP contribution in [0, 0.1) is 0 Å². The zero-order chi connectivity index (χ0) is 15.1. The maximum atomic E-state index is 6.52. The molecular weight excluding hydrogens is 266 g/mol. The van der Waals surface area contributed by atoms with Crippen molar-refractivity contribution in [2.45, 2.75) is 44.8 Å². The highest BCUT2D eigenvalue weighted by molar-refractivity contribution is 5.30. The van der Waals surface area contributed by atoms with Crippen molar-refractivity contribution < 1.29 is 14.2 Å². The number of benzene rings is 1. The third kappa shape index (κ3) is 3.96. The van der Waals surface area contributed by atoms with Crippen LogP contribution in [-0.2, 0) is 9.47 Å². The molecule has 21 heavy (non-hydrogen) atoms. The molecule has 1 aliphatic rings. The Morgan fingerprint density at radius 1 is 1.19 bits per heavy atom. The van der Waals surface area contributed by atoms with Crippen LogP contribution in [0.3, 0.4) is 0 Å². The van der Waals surface area contributed by atoms with Crippen molar-refractivity contribution in [1.82, 2.24) is 0 Å². The van der Waals surface area contributed by atoms with Gasteiger partial charge in [0.25, 0.3) is 0 Å². The van der Waals surface area contributed by atoms with Gasteiger partial charge < -0.3 is 19.9 Å². The Morgan fingerprint density at radius 3 is 2.43 bits per heavy atom. The number of rotatable bonds is 7. The van der Waals surface area contributed by atoms with Crippen molar-refractivity contribution in [3.05, 3.63) is 29.8 Å². The molecular formula is C17H27NO3. The van der Waals surface area contributed by atoms with Gasteiger partial charge >= 0.3 is 0 Å². The molecule has 4 heteroatoms. The average Bonchev–Trinajstić information content (AvgIpc) is 2.54. The maximum Gasteiger partial charge on any atom is 0.119 e. The Kier molecular flexibility index (Phi) is 6.03. The zero-order valence-electron chi connectivity index (χ0n) is 13.1. The molecule has 1 unspecified atom stereocenters. The van der Waals surface area contributed by atoms with Gasteiger partial charge in [-0.2, -0.15) is 0 Å². The lowest BCUT2D eigenvalue weighted by atomic mass is 9.82. The van der Waals surface area contributed by atoms with Crippen LogP contribution in [0.5, 0.6) is 5.75 Å². The van der Waals surface area contributed by atoms with E-state index in [0.717, 1.165) is 37.2 Å². The zero-order valence-corrected chi connectivity index (χ0v) is 13.1. The van der Waals surface area contributed by atoms with Crippen LogP contribution in [0.2, 0.25) is 0 Å². The molecule has 118 valence electrons. The molecule has 1 atom stereocenters. The molecule has 1 aliphatic heterocycles. The van der Waals surface area contributed by atoms with Gasteiger partial charge in [0.15, 0.2) is 0 Å². The fraction of sp³-hybridized carbons (Fsp3) is 0.647. The molecule has 1 fully saturated rings. The first-order valence-electron chi connectivity index (χ1n) is 7.92. The molecule has 0 bridgehead atoms. The highest BCUT2D eigenvalue weighted by Gasteiger charge is 2.40. The third-order valence-electron chi connectivity index (χ3n) is 4.05. The molecule has 0 saturated carbocycles. The molecule has 1 heterocycles. The van der Waals surface area contributed by atoms with E-state index in [4.69, 9.17) is 19.9 Å². The predicted molar refractivity (Wildman–Crippen MR) is 83.6 cm³/mol. The van der Waals surface area contributed by atoms with Crippen molar-refractivity contribution in [1.29, 1.82) is 0 Å². The fourth-order valence-corrected chi connectivity index (χ4v) is 2.84. The third-order valence-corrected chi connectivity index (χ3v) is 4.05. The molecule has 0 radical (unpaired) electrons. The van der Waals surface area contributed by atoms with E-state index in [-0.39, 0.29) is 11.6 Å². The quantitative estimate of drug-likeness (QED) is 0.839. The van der Waals surface area contributed by atoms with Crippen LogP contribution >= 0.6 is 0 Å². The van der Waals surface area contributed by atoms with Gasteiger partial charge in [-0.15, -0.1) is 0 Å². The minimum Gasteiger partial charge on any atom is -0.494 e. The summed E-state index contributed by atoms with van der Waals surface area (Å²) in [5.74, 6) is 0.894. The lowest BCUT2D eigenvalue weighted by Crippen LogP contribution is -2.48. The van der Waals surface area contributed by atoms with Crippen LogP contribution in [0.25, 0.3) is 0 Å². The Hall–Kier alpha value is -1.10. The standard InChI is InChI=1S/C17H27NO3/c1-3-11-20-15-7-5-14(6-8-15)16(18)17(21-4-2)9-12-19-13-10-17/h5-8,16H,3-4,9-13,18H2,1-2H3. The molecule has 0 aliphatic carbocycles. The van der Waals surface area contributed by atoms with Crippen molar-refractivity contribution in [2.75, 3.05) is 26.4 Å². The van der Waals surface area contributed by atoms with Crippen molar-refractivity contribution in [3.8, 4) is 5.75 Å². The van der Waals surface area contributed by atoms with Gasteiger partial charge in [-0.05, 0) is 31.0 Å². The summed E-state index contributed by atoms with van der Waals surface area (Å²) in [6, 6.07) is 7.94. The van der Waals surface area contributed by atoms with Crippen LogP contribution < -0.4 is 10.5 Å². The number of ether oxygens (including phenoxy) is 3. The molecule has 0 amide bonds. The minimum atomic E-state index is -0.307. The largest absolute Gasteiger partial charge is 0.494 e. The van der Waals surface area contributed by atoms with E-state index < -0.39 is 0 Å². The van der Waals surface area contributed by atoms with Crippen LogP contribution in [-0.4, -0.2) is 32.0 Å². The van der Waals surface area contributed by atoms with E-state index in [0.29, 0.717) is 19.8 Å². The maximum absolute atomic E-state index is 6.52. The summed E-state index contributed by atoms with van der Waals surface area (Å²) in [6.07, 6.45) is 2.70. The van der Waals surface area contributed by atoms with Gasteiger partial charge in [0.05, 0.1) is 18.2 Å². The van der Waals surface area contributed by atoms with Crippen LogP contribution in [0.15, 0.2) is 24.3 Å². The monoisotopic (exact) mass is 293 g/mol. The van der Waals surface area contributed by atoms with Gasteiger partial charge in [-0.3, -0.25) is 0 Å². The summed E-state index contributed by atoms with van der Waals surface area (Å²) in [5.41, 5.74) is 7.30. The summed E-state index contributed by atoms with van der Waals surface area (Å²) >= 11 is 0. The summed E-state index contributed by atoms with van der Waals surface area (Å²) in [4.78, 5) is 0. The first kappa shape index (κ1) is 16.3. The number of hydrogen-bond acceptors (Lipinski definition) is 4. The number of nitrogens with two attached hydrogens (primary N) is 1. The Morgan fingerprint density at radius 2 is 1.86 bits per heavy atom. The topological polar surface area (TPSA) is 53.7 Å². The van der Waals surface area contributed by atoms with Crippen LogP contribution in [0.1, 0.15) is 44.7 Å². The summed E-state index contributed by atoms with van der Waals surface area (Å²) < 4.78 is 17.1. The average molecular weight is 293 g/mol. The van der Waals surface area contributed by atoms with E-state index in [9.17, 15) is 0 Å². The minimum absolute atomic E-state index is 0.137. The van der Waals surface area contributed by atoms with E-state index in [1.54, 1.807) is 0 Å². The van der Waals surface area contributed by atoms with Crippen molar-refractivity contribution in [2.24, 2.45) is 5.73 Å². The van der Waals surface area contributed by atoms with Gasteiger partial charge in [-0.25, -0.2) is 0 Å². The molecule has 1 saturated heterocycles. The predicted octanol–water partition coefficient (Wildman–Crippen LogP) is 3.06. The molecule has 1 aromatic carbocycles. The van der Waals surface area contributed by atoms with Gasteiger partial charge in [-0.1, -0.05) is 19.1 Å². The lowest BCUT2D eigenvalue weighted by molar-refractivity contribution is -0.121. The summed E-state index contributed by atoms with van der Waals surface area (Å²) in [6.45, 7) is 6.96. The normalized spacial score (nSPS) is 19.2. The number of hydrogen-bond donors (Lipinski definition) is 1. The van der Waals surface area contributed by atoms with E-state index in [1.807, 2.05) is 31.2 Å². The fourth-order valence-electron chi connectivity index (χ4n) is 2.84. The van der Waals surface area contributed by atoms with Crippen molar-refractivity contribution >= 4 is 0 Å². The van der Waals surface area contributed by atoms with Gasteiger partial charge in [0, 0.05) is 32.7 Å². The highest BCUT2D eigenvalue weighted by atomic mass is 16.5. The SMILES string of the molecule is CCCOc1ccc(C(N)C2(OCC)CCOCC2)cc1. The first-order valence-corrected chi connectivity index (χ1v) is 7.92. The molecule has 4 nitrogen and oxygen atoms in total. The lowest BCUT2D eigenvalue weighted by Gasteiger charge is -2.41. The molecule has 2 rings (SSSR count). The molecule has 2 N–H and O–H groups in total. The van der Waals surface area contributed by atoms with Crippen molar-refractivity contribution in [3.63, 3.8) is 0 Å². The summed E-state index contributed by atoms with van der Waals surface area (Å²) in [5, 5.41) is 0. The van der Waals surface area contributed by atoms with E-state index in [1.165, 1.54) is 0 Å². The van der Waals surface area contributed by atoms with E-state index in [2.05, 4.69) is 6.92 Å². The van der Waals surface area contributed by atoms with E-state index >= 15 is 0 Å². The summed E-state index contributed by atoms with van der Waals surface area (Å²) in [7, 11) is 0. The second-order valence-corrected chi connectivity index (χ2v) is 5.51. The second kappa shape index (κ2) is 7.78. The molecule has 1 aromatic rings. The Balaban J connectivity index is 2.10. The smallest absolute Gasteiger partial charge is 0.119 e. The second-order valence-electron chi connectivity index (χ2n) is 5.51. The van der Waals surface area contributed by atoms with Crippen LogP contribution in [0.4, 0.5) is 0 Å².